The first-order chi connectivity index (χ1) is 9.34. The van der Waals surface area contributed by atoms with Gasteiger partial charge in [-0.1, -0.05) is 18.2 Å². The van der Waals surface area contributed by atoms with E-state index in [4.69, 9.17) is 4.74 Å². The molecule has 1 fully saturated rings. The lowest BCUT2D eigenvalue weighted by Crippen LogP contribution is -2.36. The summed E-state index contributed by atoms with van der Waals surface area (Å²) in [6.07, 6.45) is 2.47. The smallest absolute Gasteiger partial charge is 0.0594 e. The Labute approximate surface area is 119 Å². The number of morpholine rings is 1. The van der Waals surface area contributed by atoms with Gasteiger partial charge in [0, 0.05) is 22.7 Å². The van der Waals surface area contributed by atoms with E-state index in [1.807, 2.05) is 11.3 Å². The summed E-state index contributed by atoms with van der Waals surface area (Å²) in [5.41, 5.74) is 1.49. The molecule has 102 valence electrons. The highest BCUT2D eigenvalue weighted by atomic mass is 32.1. The van der Waals surface area contributed by atoms with Gasteiger partial charge in [0.05, 0.1) is 13.2 Å². The van der Waals surface area contributed by atoms with E-state index in [0.29, 0.717) is 0 Å². The van der Waals surface area contributed by atoms with Crippen LogP contribution in [-0.2, 0) is 11.2 Å². The number of hydrogen-bond donors (Lipinski definition) is 0. The van der Waals surface area contributed by atoms with Gasteiger partial charge in [-0.2, -0.15) is 0 Å². The summed E-state index contributed by atoms with van der Waals surface area (Å²) in [4.78, 5) is 4.08. The molecule has 0 amide bonds. The molecule has 3 heteroatoms. The molecule has 3 rings (SSSR count). The van der Waals surface area contributed by atoms with Gasteiger partial charge in [0.15, 0.2) is 0 Å². The molecule has 0 bridgehead atoms. The minimum Gasteiger partial charge on any atom is -0.379 e. The van der Waals surface area contributed by atoms with Crippen LogP contribution in [0.25, 0.3) is 10.1 Å². The molecule has 0 atom stereocenters. The number of benzene rings is 1. The topological polar surface area (TPSA) is 12.5 Å². The van der Waals surface area contributed by atoms with Crippen LogP contribution in [0.4, 0.5) is 0 Å². The van der Waals surface area contributed by atoms with Crippen molar-refractivity contribution in [1.29, 1.82) is 0 Å². The molecule has 0 unspecified atom stereocenters. The maximum Gasteiger partial charge on any atom is 0.0594 e. The van der Waals surface area contributed by atoms with Crippen molar-refractivity contribution < 1.29 is 4.74 Å². The Morgan fingerprint density at radius 2 is 2.00 bits per heavy atom. The van der Waals surface area contributed by atoms with E-state index in [2.05, 4.69) is 36.1 Å². The second-order valence-corrected chi connectivity index (χ2v) is 6.34. The lowest BCUT2D eigenvalue weighted by atomic mass is 10.1. The number of hydrogen-bond acceptors (Lipinski definition) is 3. The first kappa shape index (κ1) is 13.1. The number of ether oxygens (including phenoxy) is 1. The number of nitrogens with zero attached hydrogens (tertiary/aromatic N) is 1. The Kier molecular flexibility index (Phi) is 4.16. The number of aryl methyl sites for hydroxylation is 2. The molecule has 0 N–H and O–H groups in total. The van der Waals surface area contributed by atoms with Gasteiger partial charge in [-0.25, -0.2) is 0 Å². The second kappa shape index (κ2) is 6.04. The van der Waals surface area contributed by atoms with Gasteiger partial charge >= 0.3 is 0 Å². The maximum atomic E-state index is 5.38. The summed E-state index contributed by atoms with van der Waals surface area (Å²) >= 11 is 1.97. The van der Waals surface area contributed by atoms with Gasteiger partial charge in [-0.15, -0.1) is 11.3 Å². The minimum atomic E-state index is 0.905. The van der Waals surface area contributed by atoms with Gasteiger partial charge < -0.3 is 4.74 Å². The highest BCUT2D eigenvalue weighted by Crippen LogP contribution is 2.31. The lowest BCUT2D eigenvalue weighted by Gasteiger charge is -2.26. The third-order valence-electron chi connectivity index (χ3n) is 3.92. The van der Waals surface area contributed by atoms with E-state index >= 15 is 0 Å². The highest BCUT2D eigenvalue weighted by molar-refractivity contribution is 7.19. The van der Waals surface area contributed by atoms with Gasteiger partial charge in [0.1, 0.15) is 0 Å². The van der Waals surface area contributed by atoms with E-state index < -0.39 is 0 Å². The summed E-state index contributed by atoms with van der Waals surface area (Å²) in [7, 11) is 0. The van der Waals surface area contributed by atoms with Crippen LogP contribution in [-0.4, -0.2) is 37.7 Å². The van der Waals surface area contributed by atoms with E-state index in [9.17, 15) is 0 Å². The van der Waals surface area contributed by atoms with Crippen molar-refractivity contribution in [3.8, 4) is 0 Å². The molecule has 19 heavy (non-hydrogen) atoms. The van der Waals surface area contributed by atoms with Crippen LogP contribution >= 0.6 is 11.3 Å². The zero-order valence-electron chi connectivity index (χ0n) is 11.5. The summed E-state index contributed by atoms with van der Waals surface area (Å²) in [6.45, 7) is 7.49. The molecular weight excluding hydrogens is 254 g/mol. The van der Waals surface area contributed by atoms with E-state index in [1.165, 1.54) is 35.0 Å². The fraction of sp³-hybridized carbons (Fsp3) is 0.500. The molecule has 0 radical (unpaired) electrons. The Morgan fingerprint density at radius 1 is 1.21 bits per heavy atom. The van der Waals surface area contributed by atoms with Crippen molar-refractivity contribution in [3.63, 3.8) is 0 Å². The average Bonchev–Trinajstić information content (AvgIpc) is 2.78. The molecule has 1 aliphatic rings. The van der Waals surface area contributed by atoms with Crippen LogP contribution in [0.1, 0.15) is 16.9 Å². The number of fused-ring (bicyclic) bond motifs is 1. The third kappa shape index (κ3) is 2.99. The Bertz CT molecular complexity index is 543. The maximum absolute atomic E-state index is 5.38. The fourth-order valence-corrected chi connectivity index (χ4v) is 4.00. The number of rotatable bonds is 4. The molecule has 2 nitrogen and oxygen atoms in total. The Morgan fingerprint density at radius 3 is 2.79 bits per heavy atom. The van der Waals surface area contributed by atoms with Crippen LogP contribution in [0.15, 0.2) is 24.3 Å². The predicted octanol–water partition coefficient (Wildman–Crippen LogP) is 3.47. The summed E-state index contributed by atoms with van der Waals surface area (Å²) in [6, 6.07) is 8.75. The summed E-state index contributed by atoms with van der Waals surface area (Å²) < 4.78 is 6.82. The largest absolute Gasteiger partial charge is 0.379 e. The molecule has 1 saturated heterocycles. The second-order valence-electron chi connectivity index (χ2n) is 5.20. The molecular formula is C16H21NOS. The fourth-order valence-electron chi connectivity index (χ4n) is 2.75. The minimum absolute atomic E-state index is 0.905. The average molecular weight is 275 g/mol. The zero-order valence-corrected chi connectivity index (χ0v) is 12.3. The van der Waals surface area contributed by atoms with Crippen LogP contribution in [0.5, 0.6) is 0 Å². The molecule has 1 aromatic heterocycles. The molecule has 1 aliphatic heterocycles. The van der Waals surface area contributed by atoms with E-state index in [0.717, 1.165) is 26.3 Å². The first-order valence-electron chi connectivity index (χ1n) is 7.12. The monoisotopic (exact) mass is 275 g/mol. The van der Waals surface area contributed by atoms with Gasteiger partial charge in [0.25, 0.3) is 0 Å². The van der Waals surface area contributed by atoms with Crippen molar-refractivity contribution in [3.05, 3.63) is 34.7 Å². The van der Waals surface area contributed by atoms with Crippen molar-refractivity contribution in [1.82, 2.24) is 4.90 Å². The molecule has 0 saturated carbocycles. The molecule has 0 aliphatic carbocycles. The highest BCUT2D eigenvalue weighted by Gasteiger charge is 2.11. The van der Waals surface area contributed by atoms with Gasteiger partial charge in [0.2, 0.25) is 0 Å². The SMILES string of the molecule is Cc1c(CCCN2CCOCC2)sc2ccccc12. The Hall–Kier alpha value is -0.900. The zero-order chi connectivity index (χ0) is 13.1. The summed E-state index contributed by atoms with van der Waals surface area (Å²) in [5, 5.41) is 1.44. The lowest BCUT2D eigenvalue weighted by molar-refractivity contribution is 0.0375. The molecule has 1 aromatic carbocycles. The van der Waals surface area contributed by atoms with E-state index in [1.54, 1.807) is 4.88 Å². The van der Waals surface area contributed by atoms with Crippen LogP contribution in [0, 0.1) is 6.92 Å². The summed E-state index contributed by atoms with van der Waals surface area (Å²) in [5.74, 6) is 0. The van der Waals surface area contributed by atoms with Crippen molar-refractivity contribution >= 4 is 21.4 Å². The normalized spacial score (nSPS) is 17.1. The molecule has 0 spiro atoms. The van der Waals surface area contributed by atoms with Crippen molar-refractivity contribution in [2.45, 2.75) is 19.8 Å². The molecule has 2 aromatic rings. The quantitative estimate of drug-likeness (QED) is 0.847. The van der Waals surface area contributed by atoms with Crippen LogP contribution < -0.4 is 0 Å². The van der Waals surface area contributed by atoms with Crippen LogP contribution in [0.2, 0.25) is 0 Å². The third-order valence-corrected chi connectivity index (χ3v) is 5.26. The standard InChI is InChI=1S/C16H21NOS/c1-13-14-5-2-3-6-16(14)19-15(13)7-4-8-17-9-11-18-12-10-17/h2-3,5-6H,4,7-12H2,1H3. The van der Waals surface area contributed by atoms with Gasteiger partial charge in [-0.3, -0.25) is 4.90 Å². The van der Waals surface area contributed by atoms with Crippen molar-refractivity contribution in [2.24, 2.45) is 0 Å². The van der Waals surface area contributed by atoms with Gasteiger partial charge in [-0.05, 0) is 43.3 Å². The van der Waals surface area contributed by atoms with Crippen molar-refractivity contribution in [2.75, 3.05) is 32.8 Å². The first-order valence-corrected chi connectivity index (χ1v) is 7.93. The Balaban J connectivity index is 1.60. The molecule has 2 heterocycles. The number of thiophene rings is 1. The van der Waals surface area contributed by atoms with E-state index in [-0.39, 0.29) is 0 Å². The predicted molar refractivity (Wildman–Crippen MR) is 82.1 cm³/mol. The van der Waals surface area contributed by atoms with Crippen LogP contribution in [0.3, 0.4) is 0 Å².